The number of benzene rings is 3. The van der Waals surface area contributed by atoms with Gasteiger partial charge in [0.15, 0.2) is 0 Å². The molecule has 0 radical (unpaired) electrons. The summed E-state index contributed by atoms with van der Waals surface area (Å²) in [5.41, 5.74) is 2.82. The lowest BCUT2D eigenvalue weighted by Gasteiger charge is -2.33. The number of carbonyl (C=O) groups is 2. The van der Waals surface area contributed by atoms with E-state index in [1.165, 1.54) is 42.3 Å². The first-order chi connectivity index (χ1) is 18.0. The molecule has 1 N–H and O–H groups in total. The van der Waals surface area contributed by atoms with E-state index in [4.69, 9.17) is 23.2 Å². The molecule has 3 aromatic carbocycles. The summed E-state index contributed by atoms with van der Waals surface area (Å²) in [4.78, 5) is 28.2. The second kappa shape index (κ2) is 12.7. The number of hydrogen-bond donors (Lipinski definition) is 1. The van der Waals surface area contributed by atoms with Gasteiger partial charge < -0.3 is 10.2 Å². The van der Waals surface area contributed by atoms with Crippen molar-refractivity contribution in [2.24, 2.45) is 0 Å². The van der Waals surface area contributed by atoms with Gasteiger partial charge in [0.25, 0.3) is 10.0 Å². The number of sulfonamides is 1. The molecule has 1 atom stereocenters. The molecule has 0 aromatic heterocycles. The SMILES string of the molecule is CCC(C(=O)NC)N(Cc1ccccc1C)C(=O)CN(c1cc(Cl)cc(Cl)c1)S(=O)(=O)c1ccc(C)cc1. The van der Waals surface area contributed by atoms with Gasteiger partial charge in [0.1, 0.15) is 12.6 Å². The van der Waals surface area contributed by atoms with Crippen LogP contribution in [0.2, 0.25) is 10.0 Å². The number of carbonyl (C=O) groups excluding carboxylic acids is 2. The van der Waals surface area contributed by atoms with Gasteiger partial charge in [-0.3, -0.25) is 13.9 Å². The third kappa shape index (κ3) is 6.87. The van der Waals surface area contributed by atoms with Crippen molar-refractivity contribution in [2.45, 2.75) is 44.7 Å². The Morgan fingerprint density at radius 1 is 0.947 bits per heavy atom. The highest BCUT2D eigenvalue weighted by Crippen LogP contribution is 2.30. The van der Waals surface area contributed by atoms with Gasteiger partial charge in [-0.1, -0.05) is 72.1 Å². The number of amides is 2. The minimum Gasteiger partial charge on any atom is -0.357 e. The zero-order valence-electron chi connectivity index (χ0n) is 21.7. The highest BCUT2D eigenvalue weighted by Gasteiger charge is 2.33. The molecule has 3 aromatic rings. The highest BCUT2D eigenvalue weighted by molar-refractivity contribution is 7.92. The van der Waals surface area contributed by atoms with Crippen molar-refractivity contribution in [1.82, 2.24) is 10.2 Å². The van der Waals surface area contributed by atoms with Crippen LogP contribution >= 0.6 is 23.2 Å². The molecule has 0 saturated carbocycles. The Balaban J connectivity index is 2.11. The fraction of sp³-hybridized carbons (Fsp3) is 0.286. The van der Waals surface area contributed by atoms with E-state index in [1.54, 1.807) is 19.1 Å². The minimum absolute atomic E-state index is 0.00999. The average Bonchev–Trinajstić information content (AvgIpc) is 2.87. The molecule has 0 spiro atoms. The summed E-state index contributed by atoms with van der Waals surface area (Å²) in [5.74, 6) is -0.885. The largest absolute Gasteiger partial charge is 0.357 e. The monoisotopic (exact) mass is 575 g/mol. The van der Waals surface area contributed by atoms with E-state index < -0.39 is 28.5 Å². The molecule has 0 aliphatic heterocycles. The Morgan fingerprint density at radius 3 is 2.11 bits per heavy atom. The zero-order chi connectivity index (χ0) is 28.0. The second-order valence-corrected chi connectivity index (χ2v) is 11.7. The quantitative estimate of drug-likeness (QED) is 0.352. The van der Waals surface area contributed by atoms with E-state index in [2.05, 4.69) is 5.32 Å². The third-order valence-corrected chi connectivity index (χ3v) is 8.48. The van der Waals surface area contributed by atoms with Gasteiger partial charge in [-0.25, -0.2) is 8.42 Å². The van der Waals surface area contributed by atoms with Crippen LogP contribution in [0.25, 0.3) is 0 Å². The molecule has 0 heterocycles. The van der Waals surface area contributed by atoms with Crippen molar-refractivity contribution in [3.63, 3.8) is 0 Å². The molecule has 202 valence electrons. The first-order valence-corrected chi connectivity index (χ1v) is 14.3. The summed E-state index contributed by atoms with van der Waals surface area (Å²) >= 11 is 12.4. The van der Waals surface area contributed by atoms with E-state index >= 15 is 0 Å². The van der Waals surface area contributed by atoms with Gasteiger partial charge in [-0.15, -0.1) is 0 Å². The summed E-state index contributed by atoms with van der Waals surface area (Å²) in [6, 6.07) is 17.4. The van der Waals surface area contributed by atoms with E-state index in [-0.39, 0.29) is 33.1 Å². The standard InChI is InChI=1S/C28H31Cl2N3O4S/c1-5-26(28(35)31-4)32(17-21-9-7-6-8-20(21)3)27(34)18-33(24-15-22(29)14-23(30)16-24)38(36,37)25-12-10-19(2)11-13-25/h6-16,26H,5,17-18H2,1-4H3,(H,31,35). The summed E-state index contributed by atoms with van der Waals surface area (Å²) < 4.78 is 28.7. The van der Waals surface area contributed by atoms with Gasteiger partial charge in [-0.2, -0.15) is 0 Å². The normalized spacial score (nSPS) is 12.1. The average molecular weight is 577 g/mol. The minimum atomic E-state index is -4.20. The first kappa shape index (κ1) is 29.5. The van der Waals surface area contributed by atoms with Crippen molar-refractivity contribution < 1.29 is 18.0 Å². The lowest BCUT2D eigenvalue weighted by molar-refractivity contribution is -0.140. The van der Waals surface area contributed by atoms with Crippen molar-refractivity contribution in [3.05, 3.63) is 93.5 Å². The van der Waals surface area contributed by atoms with Crippen LogP contribution in [0.1, 0.15) is 30.0 Å². The van der Waals surface area contributed by atoms with Crippen molar-refractivity contribution in [2.75, 3.05) is 17.9 Å². The molecule has 1 unspecified atom stereocenters. The summed E-state index contributed by atoms with van der Waals surface area (Å²) in [6.07, 6.45) is 0.338. The molecule has 2 amide bonds. The van der Waals surface area contributed by atoms with Crippen molar-refractivity contribution in [1.29, 1.82) is 0 Å². The van der Waals surface area contributed by atoms with Crippen LogP contribution in [0.15, 0.2) is 71.6 Å². The predicted molar refractivity (Wildman–Crippen MR) is 152 cm³/mol. The smallest absolute Gasteiger partial charge is 0.264 e. The summed E-state index contributed by atoms with van der Waals surface area (Å²) in [7, 11) is -2.70. The molecular formula is C28H31Cl2N3O4S. The number of halogens is 2. The van der Waals surface area contributed by atoms with Crippen LogP contribution in [-0.4, -0.2) is 44.8 Å². The van der Waals surface area contributed by atoms with Gasteiger partial charge in [0, 0.05) is 23.6 Å². The van der Waals surface area contributed by atoms with Crippen LogP contribution in [0.3, 0.4) is 0 Å². The van der Waals surface area contributed by atoms with E-state index in [0.717, 1.165) is 21.0 Å². The maximum Gasteiger partial charge on any atom is 0.264 e. The maximum atomic E-state index is 13.9. The fourth-order valence-corrected chi connectivity index (χ4v) is 6.02. The van der Waals surface area contributed by atoms with Crippen LogP contribution in [0.5, 0.6) is 0 Å². The number of nitrogens with zero attached hydrogens (tertiary/aromatic N) is 2. The van der Waals surface area contributed by atoms with Crippen LogP contribution in [0, 0.1) is 13.8 Å². The molecule has 0 aliphatic carbocycles. The van der Waals surface area contributed by atoms with Crippen molar-refractivity contribution >= 4 is 50.7 Å². The van der Waals surface area contributed by atoms with Gasteiger partial charge >= 0.3 is 0 Å². The third-order valence-electron chi connectivity index (χ3n) is 6.26. The molecule has 3 rings (SSSR count). The molecule has 38 heavy (non-hydrogen) atoms. The predicted octanol–water partition coefficient (Wildman–Crippen LogP) is 5.36. The molecule has 7 nitrogen and oxygen atoms in total. The van der Waals surface area contributed by atoms with Gasteiger partial charge in [-0.05, 0) is 61.7 Å². The van der Waals surface area contributed by atoms with Gasteiger partial charge in [0.2, 0.25) is 11.8 Å². The van der Waals surface area contributed by atoms with Crippen LogP contribution in [0.4, 0.5) is 5.69 Å². The maximum absolute atomic E-state index is 13.9. The highest BCUT2D eigenvalue weighted by atomic mass is 35.5. The van der Waals surface area contributed by atoms with E-state index in [9.17, 15) is 18.0 Å². The number of aryl methyl sites for hydroxylation is 2. The van der Waals surface area contributed by atoms with Gasteiger partial charge in [0.05, 0.1) is 10.6 Å². The second-order valence-electron chi connectivity index (χ2n) is 8.94. The molecule has 0 aliphatic rings. The Labute approximate surface area is 234 Å². The Bertz CT molecular complexity index is 1390. The lowest BCUT2D eigenvalue weighted by atomic mass is 10.1. The molecule has 0 bridgehead atoms. The van der Waals surface area contributed by atoms with Crippen LogP contribution in [-0.2, 0) is 26.2 Å². The first-order valence-electron chi connectivity index (χ1n) is 12.1. The molecular weight excluding hydrogens is 545 g/mol. The number of hydrogen-bond acceptors (Lipinski definition) is 4. The summed E-state index contributed by atoms with van der Waals surface area (Å²) in [5, 5.41) is 3.05. The summed E-state index contributed by atoms with van der Waals surface area (Å²) in [6.45, 7) is 5.14. The lowest BCUT2D eigenvalue weighted by Crippen LogP contribution is -2.51. The number of rotatable bonds is 10. The van der Waals surface area contributed by atoms with Crippen molar-refractivity contribution in [3.8, 4) is 0 Å². The fourth-order valence-electron chi connectivity index (χ4n) is 4.11. The Hall–Kier alpha value is -3.07. The number of likely N-dealkylation sites (N-methyl/N-ethyl adjacent to an activating group) is 1. The number of anilines is 1. The Kier molecular flexibility index (Phi) is 9.82. The topological polar surface area (TPSA) is 86.8 Å². The van der Waals surface area contributed by atoms with Crippen LogP contribution < -0.4 is 9.62 Å². The Morgan fingerprint density at radius 2 is 1.55 bits per heavy atom. The molecule has 10 heteroatoms. The number of nitrogens with one attached hydrogen (secondary N) is 1. The molecule has 0 fully saturated rings. The van der Waals surface area contributed by atoms with E-state index in [1.807, 2.05) is 38.1 Å². The zero-order valence-corrected chi connectivity index (χ0v) is 24.1. The molecule has 0 saturated heterocycles. The van der Waals surface area contributed by atoms with E-state index in [0.29, 0.717) is 6.42 Å².